The van der Waals surface area contributed by atoms with E-state index in [1.807, 2.05) is 0 Å². The topological polar surface area (TPSA) is 36.3 Å². The number of likely N-dealkylation sites (tertiary alicyclic amines) is 1. The van der Waals surface area contributed by atoms with E-state index in [9.17, 15) is 5.26 Å². The smallest absolute Gasteiger partial charge is 0.135 e. The molecule has 0 bridgehead atoms. The fourth-order valence-corrected chi connectivity index (χ4v) is 2.37. The summed E-state index contributed by atoms with van der Waals surface area (Å²) in [6, 6.07) is 2.49. The molecule has 0 spiro atoms. The lowest BCUT2D eigenvalue weighted by Gasteiger charge is -2.43. The van der Waals surface area contributed by atoms with Gasteiger partial charge in [-0.15, -0.1) is 0 Å². The van der Waals surface area contributed by atoms with Crippen LogP contribution in [-0.4, -0.2) is 37.2 Å². The van der Waals surface area contributed by atoms with Crippen molar-refractivity contribution >= 4 is 0 Å². The number of hydrogen-bond donors (Lipinski definition) is 0. The molecule has 0 aromatic heterocycles. The van der Waals surface area contributed by atoms with Crippen molar-refractivity contribution in [2.75, 3.05) is 26.8 Å². The van der Waals surface area contributed by atoms with Gasteiger partial charge in [-0.3, -0.25) is 4.90 Å². The van der Waals surface area contributed by atoms with Crippen LogP contribution in [0.1, 0.15) is 33.1 Å². The zero-order chi connectivity index (χ0) is 11.3. The van der Waals surface area contributed by atoms with Gasteiger partial charge in [0.15, 0.2) is 0 Å². The monoisotopic (exact) mass is 210 g/mol. The van der Waals surface area contributed by atoms with E-state index in [-0.39, 0.29) is 0 Å². The maximum absolute atomic E-state index is 9.46. The standard InChI is InChI=1S/C12H22N2O/c1-11(2)12(9-13,10-15-3)14-7-5-4-6-8-14/h11H,4-8,10H2,1-3H3. The molecule has 1 aliphatic heterocycles. The van der Waals surface area contributed by atoms with E-state index in [1.54, 1.807) is 7.11 Å². The first-order valence-electron chi connectivity index (χ1n) is 5.82. The predicted octanol–water partition coefficient (Wildman–Crippen LogP) is 2.04. The lowest BCUT2D eigenvalue weighted by Crippen LogP contribution is -2.56. The zero-order valence-corrected chi connectivity index (χ0v) is 10.1. The molecule has 0 amide bonds. The fourth-order valence-electron chi connectivity index (χ4n) is 2.37. The molecule has 1 heterocycles. The van der Waals surface area contributed by atoms with Crippen molar-refractivity contribution in [3.05, 3.63) is 0 Å². The first kappa shape index (κ1) is 12.5. The number of rotatable bonds is 4. The third kappa shape index (κ3) is 2.50. The average molecular weight is 210 g/mol. The van der Waals surface area contributed by atoms with Crippen LogP contribution in [0.15, 0.2) is 0 Å². The molecular weight excluding hydrogens is 188 g/mol. The molecule has 1 fully saturated rings. The van der Waals surface area contributed by atoms with E-state index in [0.29, 0.717) is 12.5 Å². The number of nitrogens with zero attached hydrogens (tertiary/aromatic N) is 2. The quantitative estimate of drug-likeness (QED) is 0.712. The van der Waals surface area contributed by atoms with Gasteiger partial charge >= 0.3 is 0 Å². The van der Waals surface area contributed by atoms with Crippen LogP contribution in [0.25, 0.3) is 0 Å². The van der Waals surface area contributed by atoms with Gasteiger partial charge in [0.1, 0.15) is 5.54 Å². The molecule has 0 N–H and O–H groups in total. The van der Waals surface area contributed by atoms with Crippen LogP contribution in [0.3, 0.4) is 0 Å². The Morgan fingerprint density at radius 1 is 1.33 bits per heavy atom. The number of ether oxygens (including phenoxy) is 1. The zero-order valence-electron chi connectivity index (χ0n) is 10.1. The number of methoxy groups -OCH3 is 1. The molecular formula is C12H22N2O. The van der Waals surface area contributed by atoms with Gasteiger partial charge < -0.3 is 4.74 Å². The molecule has 1 saturated heterocycles. The fraction of sp³-hybridized carbons (Fsp3) is 0.917. The van der Waals surface area contributed by atoms with E-state index >= 15 is 0 Å². The van der Waals surface area contributed by atoms with Gasteiger partial charge in [-0.05, 0) is 31.8 Å². The van der Waals surface area contributed by atoms with Crippen molar-refractivity contribution in [2.24, 2.45) is 5.92 Å². The molecule has 0 radical (unpaired) electrons. The predicted molar refractivity (Wildman–Crippen MR) is 60.5 cm³/mol. The Kier molecular flexibility index (Phi) is 4.56. The van der Waals surface area contributed by atoms with Gasteiger partial charge in [-0.2, -0.15) is 5.26 Å². The lowest BCUT2D eigenvalue weighted by molar-refractivity contribution is 0.00594. The number of nitriles is 1. The molecule has 1 unspecified atom stereocenters. The molecule has 15 heavy (non-hydrogen) atoms. The maximum Gasteiger partial charge on any atom is 0.135 e. The summed E-state index contributed by atoms with van der Waals surface area (Å²) in [4.78, 5) is 2.31. The summed E-state index contributed by atoms with van der Waals surface area (Å²) in [5, 5.41) is 9.46. The molecule has 1 rings (SSSR count). The third-order valence-electron chi connectivity index (χ3n) is 3.43. The highest BCUT2D eigenvalue weighted by molar-refractivity contribution is 5.11. The highest BCUT2D eigenvalue weighted by Crippen LogP contribution is 2.28. The summed E-state index contributed by atoms with van der Waals surface area (Å²) in [7, 11) is 1.68. The molecule has 0 saturated carbocycles. The Morgan fingerprint density at radius 3 is 2.33 bits per heavy atom. The summed E-state index contributed by atoms with van der Waals surface area (Å²) in [6.45, 7) is 6.80. The van der Waals surface area contributed by atoms with E-state index in [1.165, 1.54) is 19.3 Å². The summed E-state index contributed by atoms with van der Waals surface area (Å²) < 4.78 is 5.25. The summed E-state index contributed by atoms with van der Waals surface area (Å²) >= 11 is 0. The molecule has 3 heteroatoms. The number of hydrogen-bond acceptors (Lipinski definition) is 3. The Hall–Kier alpha value is -0.590. The van der Waals surface area contributed by atoms with Gasteiger partial charge in [0.05, 0.1) is 12.7 Å². The van der Waals surface area contributed by atoms with Crippen LogP contribution in [0.4, 0.5) is 0 Å². The Morgan fingerprint density at radius 2 is 1.93 bits per heavy atom. The summed E-state index contributed by atoms with van der Waals surface area (Å²) in [5.74, 6) is 0.306. The minimum Gasteiger partial charge on any atom is -0.382 e. The second kappa shape index (κ2) is 5.48. The Labute approximate surface area is 93.0 Å². The number of piperidine rings is 1. The Bertz CT molecular complexity index is 228. The van der Waals surface area contributed by atoms with Crippen LogP contribution in [0, 0.1) is 17.2 Å². The average Bonchev–Trinajstić information content (AvgIpc) is 2.26. The van der Waals surface area contributed by atoms with Gasteiger partial charge in [0, 0.05) is 7.11 Å². The lowest BCUT2D eigenvalue weighted by atomic mass is 9.85. The van der Waals surface area contributed by atoms with Gasteiger partial charge in [0.25, 0.3) is 0 Å². The van der Waals surface area contributed by atoms with Gasteiger partial charge in [-0.1, -0.05) is 20.3 Å². The van der Waals surface area contributed by atoms with Crippen molar-refractivity contribution in [1.82, 2.24) is 4.90 Å². The molecule has 86 valence electrons. The maximum atomic E-state index is 9.46. The summed E-state index contributed by atoms with van der Waals surface area (Å²) in [6.07, 6.45) is 3.71. The third-order valence-corrected chi connectivity index (χ3v) is 3.43. The van der Waals surface area contributed by atoms with Crippen molar-refractivity contribution < 1.29 is 4.74 Å². The second-order valence-corrected chi connectivity index (χ2v) is 4.67. The molecule has 0 aromatic rings. The first-order chi connectivity index (χ1) is 7.17. The van der Waals surface area contributed by atoms with Gasteiger partial charge in [-0.25, -0.2) is 0 Å². The van der Waals surface area contributed by atoms with E-state index in [2.05, 4.69) is 24.8 Å². The summed E-state index contributed by atoms with van der Waals surface area (Å²) in [5.41, 5.74) is -0.421. The minimum atomic E-state index is -0.421. The van der Waals surface area contributed by atoms with Gasteiger partial charge in [0.2, 0.25) is 0 Å². The van der Waals surface area contributed by atoms with Crippen LogP contribution < -0.4 is 0 Å². The molecule has 1 aliphatic rings. The highest BCUT2D eigenvalue weighted by atomic mass is 16.5. The largest absolute Gasteiger partial charge is 0.382 e. The van der Waals surface area contributed by atoms with Crippen LogP contribution in [-0.2, 0) is 4.74 Å². The normalized spacial score (nSPS) is 22.3. The first-order valence-corrected chi connectivity index (χ1v) is 5.82. The molecule has 0 aliphatic carbocycles. The highest BCUT2D eigenvalue weighted by Gasteiger charge is 2.40. The van der Waals surface area contributed by atoms with E-state index in [0.717, 1.165) is 13.1 Å². The van der Waals surface area contributed by atoms with Crippen molar-refractivity contribution in [3.63, 3.8) is 0 Å². The van der Waals surface area contributed by atoms with E-state index < -0.39 is 5.54 Å². The van der Waals surface area contributed by atoms with Crippen LogP contribution in [0.5, 0.6) is 0 Å². The van der Waals surface area contributed by atoms with Crippen LogP contribution in [0.2, 0.25) is 0 Å². The van der Waals surface area contributed by atoms with Crippen LogP contribution >= 0.6 is 0 Å². The molecule has 0 aromatic carbocycles. The van der Waals surface area contributed by atoms with Crippen molar-refractivity contribution in [3.8, 4) is 6.07 Å². The minimum absolute atomic E-state index is 0.306. The van der Waals surface area contributed by atoms with E-state index in [4.69, 9.17) is 4.74 Å². The second-order valence-electron chi connectivity index (χ2n) is 4.67. The Balaban J connectivity index is 2.82. The van der Waals surface area contributed by atoms with Crippen molar-refractivity contribution in [1.29, 1.82) is 5.26 Å². The molecule has 3 nitrogen and oxygen atoms in total. The molecule has 1 atom stereocenters. The SMILES string of the molecule is COCC(C#N)(C(C)C)N1CCCCC1. The van der Waals surface area contributed by atoms with Crippen molar-refractivity contribution in [2.45, 2.75) is 38.6 Å².